The summed E-state index contributed by atoms with van der Waals surface area (Å²) >= 11 is 0. The number of hydrogen-bond acceptors (Lipinski definition) is 2. The SMILES string of the molecule is CNCc1ccc2c(ccn2CC(=O)NC2CC2)c1. The smallest absolute Gasteiger partial charge is 0.240 e. The molecule has 1 heterocycles. The van der Waals surface area contributed by atoms with Crippen molar-refractivity contribution in [1.29, 1.82) is 0 Å². The predicted octanol–water partition coefficient (Wildman–Crippen LogP) is 1.64. The van der Waals surface area contributed by atoms with E-state index in [4.69, 9.17) is 0 Å². The molecule has 4 heteroatoms. The van der Waals surface area contributed by atoms with Gasteiger partial charge in [0.05, 0.1) is 0 Å². The van der Waals surface area contributed by atoms with E-state index < -0.39 is 0 Å². The van der Waals surface area contributed by atoms with Crippen molar-refractivity contribution >= 4 is 16.8 Å². The van der Waals surface area contributed by atoms with Crippen LogP contribution in [0.2, 0.25) is 0 Å². The first-order valence-electron chi connectivity index (χ1n) is 6.78. The topological polar surface area (TPSA) is 46.1 Å². The van der Waals surface area contributed by atoms with Crippen LogP contribution in [-0.2, 0) is 17.9 Å². The second-order valence-corrected chi connectivity index (χ2v) is 5.21. The summed E-state index contributed by atoms with van der Waals surface area (Å²) in [6.07, 6.45) is 4.25. The molecule has 3 rings (SSSR count). The second kappa shape index (κ2) is 5.05. The third kappa shape index (κ3) is 2.79. The van der Waals surface area contributed by atoms with Gasteiger partial charge in [0.15, 0.2) is 0 Å². The molecule has 19 heavy (non-hydrogen) atoms. The molecule has 0 bridgehead atoms. The van der Waals surface area contributed by atoms with E-state index in [2.05, 4.69) is 34.9 Å². The molecule has 1 aliphatic carbocycles. The van der Waals surface area contributed by atoms with Gasteiger partial charge >= 0.3 is 0 Å². The van der Waals surface area contributed by atoms with E-state index in [0.29, 0.717) is 12.6 Å². The third-order valence-corrected chi connectivity index (χ3v) is 3.47. The average molecular weight is 257 g/mol. The Balaban J connectivity index is 1.77. The number of amides is 1. The Hall–Kier alpha value is -1.81. The van der Waals surface area contributed by atoms with Gasteiger partial charge in [-0.05, 0) is 49.0 Å². The molecule has 100 valence electrons. The van der Waals surface area contributed by atoms with Crippen molar-refractivity contribution in [2.75, 3.05) is 7.05 Å². The van der Waals surface area contributed by atoms with E-state index in [1.165, 1.54) is 10.9 Å². The summed E-state index contributed by atoms with van der Waals surface area (Å²) in [5.41, 5.74) is 2.38. The Kier molecular flexibility index (Phi) is 3.25. The standard InChI is InChI=1S/C15H19N3O/c1-16-9-11-2-5-14-12(8-11)6-7-18(14)10-15(19)17-13-3-4-13/h2,5-8,13,16H,3-4,9-10H2,1H3,(H,17,19). The van der Waals surface area contributed by atoms with Crippen LogP contribution >= 0.6 is 0 Å². The van der Waals surface area contributed by atoms with Crippen LogP contribution in [-0.4, -0.2) is 23.6 Å². The zero-order valence-electron chi connectivity index (χ0n) is 11.1. The molecule has 0 spiro atoms. The lowest BCUT2D eigenvalue weighted by Gasteiger charge is -2.07. The molecule has 0 atom stereocenters. The Morgan fingerprint density at radius 3 is 2.95 bits per heavy atom. The van der Waals surface area contributed by atoms with Gasteiger partial charge in [-0.25, -0.2) is 0 Å². The van der Waals surface area contributed by atoms with E-state index in [0.717, 1.165) is 24.9 Å². The van der Waals surface area contributed by atoms with Crippen LogP contribution in [0.3, 0.4) is 0 Å². The molecule has 2 N–H and O–H groups in total. The lowest BCUT2D eigenvalue weighted by atomic mass is 10.1. The number of fused-ring (bicyclic) bond motifs is 1. The number of hydrogen-bond donors (Lipinski definition) is 2. The second-order valence-electron chi connectivity index (χ2n) is 5.21. The molecule has 1 fully saturated rings. The van der Waals surface area contributed by atoms with Gasteiger partial charge in [0.1, 0.15) is 6.54 Å². The Bertz CT molecular complexity index is 598. The van der Waals surface area contributed by atoms with E-state index >= 15 is 0 Å². The minimum absolute atomic E-state index is 0.110. The Morgan fingerprint density at radius 1 is 1.37 bits per heavy atom. The van der Waals surface area contributed by atoms with E-state index in [9.17, 15) is 4.79 Å². The van der Waals surface area contributed by atoms with Gasteiger partial charge in [-0.15, -0.1) is 0 Å². The van der Waals surface area contributed by atoms with Crippen LogP contribution in [0.15, 0.2) is 30.5 Å². The highest BCUT2D eigenvalue weighted by molar-refractivity contribution is 5.84. The third-order valence-electron chi connectivity index (χ3n) is 3.47. The van der Waals surface area contributed by atoms with Crippen molar-refractivity contribution in [2.24, 2.45) is 0 Å². The molecule has 1 amide bonds. The van der Waals surface area contributed by atoms with Crippen molar-refractivity contribution in [3.8, 4) is 0 Å². The molecular formula is C15H19N3O. The quantitative estimate of drug-likeness (QED) is 0.855. The summed E-state index contributed by atoms with van der Waals surface area (Å²) in [6.45, 7) is 1.27. The van der Waals surface area contributed by atoms with Crippen LogP contribution in [0.5, 0.6) is 0 Å². The summed E-state index contributed by atoms with van der Waals surface area (Å²) in [6, 6.07) is 8.86. The van der Waals surface area contributed by atoms with E-state index in [1.807, 2.05) is 17.8 Å². The first-order chi connectivity index (χ1) is 9.26. The zero-order valence-corrected chi connectivity index (χ0v) is 11.1. The number of benzene rings is 1. The van der Waals surface area contributed by atoms with Crippen LogP contribution in [0.1, 0.15) is 18.4 Å². The Labute approximate surface area is 112 Å². The molecule has 1 aromatic heterocycles. The highest BCUT2D eigenvalue weighted by Gasteiger charge is 2.23. The molecule has 1 aliphatic rings. The van der Waals surface area contributed by atoms with E-state index in [-0.39, 0.29) is 5.91 Å². The van der Waals surface area contributed by atoms with Crippen LogP contribution < -0.4 is 10.6 Å². The van der Waals surface area contributed by atoms with Crippen molar-refractivity contribution in [3.63, 3.8) is 0 Å². The van der Waals surface area contributed by atoms with Gasteiger partial charge in [-0.2, -0.15) is 0 Å². The first-order valence-corrected chi connectivity index (χ1v) is 6.78. The van der Waals surface area contributed by atoms with Gasteiger partial charge in [0, 0.05) is 24.3 Å². The van der Waals surface area contributed by atoms with Gasteiger partial charge in [0.2, 0.25) is 5.91 Å². The number of nitrogens with one attached hydrogen (secondary N) is 2. The van der Waals surface area contributed by atoms with Gasteiger partial charge < -0.3 is 15.2 Å². The molecule has 1 aromatic carbocycles. The minimum atomic E-state index is 0.110. The zero-order chi connectivity index (χ0) is 13.2. The fourth-order valence-electron chi connectivity index (χ4n) is 2.36. The summed E-state index contributed by atoms with van der Waals surface area (Å²) in [7, 11) is 1.94. The summed E-state index contributed by atoms with van der Waals surface area (Å²) in [5, 5.41) is 7.35. The van der Waals surface area contributed by atoms with Crippen molar-refractivity contribution in [3.05, 3.63) is 36.0 Å². The maximum atomic E-state index is 11.8. The Morgan fingerprint density at radius 2 is 2.21 bits per heavy atom. The highest BCUT2D eigenvalue weighted by atomic mass is 16.2. The molecule has 0 unspecified atom stereocenters. The molecule has 2 aromatic rings. The normalized spacial score (nSPS) is 14.8. The summed E-state index contributed by atoms with van der Waals surface area (Å²) in [4.78, 5) is 11.8. The molecule has 0 aliphatic heterocycles. The lowest BCUT2D eigenvalue weighted by Crippen LogP contribution is -2.28. The molecule has 1 saturated carbocycles. The first kappa shape index (κ1) is 12.2. The summed E-state index contributed by atoms with van der Waals surface area (Å²) < 4.78 is 2.01. The van der Waals surface area contributed by atoms with Gasteiger partial charge in [-0.1, -0.05) is 6.07 Å². The molecular weight excluding hydrogens is 238 g/mol. The van der Waals surface area contributed by atoms with Gasteiger partial charge in [-0.3, -0.25) is 4.79 Å². The van der Waals surface area contributed by atoms with Crippen molar-refractivity contribution in [1.82, 2.24) is 15.2 Å². The van der Waals surface area contributed by atoms with Crippen molar-refractivity contribution < 1.29 is 4.79 Å². The van der Waals surface area contributed by atoms with Crippen molar-refractivity contribution in [2.45, 2.75) is 32.0 Å². The fraction of sp³-hybridized carbons (Fsp3) is 0.400. The van der Waals surface area contributed by atoms with Crippen LogP contribution in [0, 0.1) is 0 Å². The molecule has 4 nitrogen and oxygen atoms in total. The maximum absolute atomic E-state index is 11.8. The lowest BCUT2D eigenvalue weighted by molar-refractivity contribution is -0.121. The molecule has 0 saturated heterocycles. The van der Waals surface area contributed by atoms with Crippen LogP contribution in [0.25, 0.3) is 10.9 Å². The van der Waals surface area contributed by atoms with Crippen LogP contribution in [0.4, 0.5) is 0 Å². The minimum Gasteiger partial charge on any atom is -0.352 e. The maximum Gasteiger partial charge on any atom is 0.240 e. The largest absolute Gasteiger partial charge is 0.352 e. The summed E-state index contributed by atoms with van der Waals surface area (Å²) in [5.74, 6) is 0.110. The fourth-order valence-corrected chi connectivity index (χ4v) is 2.36. The average Bonchev–Trinajstić information content (AvgIpc) is 3.11. The number of aromatic nitrogens is 1. The monoisotopic (exact) mass is 257 g/mol. The highest BCUT2D eigenvalue weighted by Crippen LogP contribution is 2.20. The molecule has 0 radical (unpaired) electrons. The number of rotatable bonds is 5. The van der Waals surface area contributed by atoms with Gasteiger partial charge in [0.25, 0.3) is 0 Å². The predicted molar refractivity (Wildman–Crippen MR) is 75.9 cm³/mol. The number of carbonyl (C=O) groups excluding carboxylic acids is 1. The van der Waals surface area contributed by atoms with E-state index in [1.54, 1.807) is 0 Å². The number of nitrogens with zero attached hydrogens (tertiary/aromatic N) is 1. The number of carbonyl (C=O) groups is 1.